The Bertz CT molecular complexity index is 1370. The maximum Gasteiger partial charge on any atom is 0.181 e. The molecule has 0 aliphatic heterocycles. The molecular weight excluding hydrogens is 396 g/mol. The van der Waals surface area contributed by atoms with Gasteiger partial charge in [-0.25, -0.2) is 9.97 Å². The predicted octanol–water partition coefficient (Wildman–Crippen LogP) is 7.48. The fraction of sp³-hybridized carbons (Fsp3) is 0. The molecule has 4 aromatic carbocycles. The summed E-state index contributed by atoms with van der Waals surface area (Å²) in [5.41, 5.74) is 6.75. The molecule has 0 N–H and O–H groups in total. The largest absolute Gasteiger partial charge is 0.444 e. The van der Waals surface area contributed by atoms with Crippen LogP contribution in [0.15, 0.2) is 119 Å². The normalized spacial score (nSPS) is 11.1. The molecule has 0 saturated heterocycles. The molecule has 2 aromatic heterocycles. The van der Waals surface area contributed by atoms with Crippen LogP contribution in [0.25, 0.3) is 55.7 Å². The number of nitrogens with zero attached hydrogens (tertiary/aromatic N) is 2. The summed E-state index contributed by atoms with van der Waals surface area (Å²) in [6.07, 6.45) is 6.35. The van der Waals surface area contributed by atoms with Gasteiger partial charge in [-0.2, -0.15) is 0 Å². The van der Waals surface area contributed by atoms with Crippen molar-refractivity contribution in [3.05, 3.63) is 110 Å². The van der Waals surface area contributed by atoms with Gasteiger partial charge in [-0.05, 0) is 45.2 Å². The third-order valence-electron chi connectivity index (χ3n) is 5.71. The Kier molecular flexibility index (Phi) is 4.40. The third kappa shape index (κ3) is 3.38. The lowest BCUT2D eigenvalue weighted by atomic mass is 9.97. The molecular formula is C28H18N2O2. The number of aromatic nitrogens is 2. The molecule has 0 aliphatic carbocycles. The first kappa shape index (κ1) is 18.3. The molecule has 0 radical (unpaired) electrons. The summed E-state index contributed by atoms with van der Waals surface area (Å²) in [6.45, 7) is 0. The quantitative estimate of drug-likeness (QED) is 0.300. The van der Waals surface area contributed by atoms with E-state index in [1.54, 1.807) is 12.4 Å². The van der Waals surface area contributed by atoms with Gasteiger partial charge in [-0.1, -0.05) is 72.8 Å². The number of hydrogen-bond acceptors (Lipinski definition) is 4. The predicted molar refractivity (Wildman–Crippen MR) is 126 cm³/mol. The summed E-state index contributed by atoms with van der Waals surface area (Å²) in [5.74, 6) is 1.55. The van der Waals surface area contributed by atoms with Crippen LogP contribution >= 0.6 is 0 Å². The van der Waals surface area contributed by atoms with Crippen molar-refractivity contribution in [3.8, 4) is 44.9 Å². The number of rotatable bonds is 4. The molecule has 152 valence electrons. The standard InChI is InChI=1S/C28H18N2O2/c1-5-21(27-15-29-17-31-27)6-2-19(1)23-9-11-26-14-24(10-12-25(26)13-23)20-3-7-22(8-4-20)28-16-30-18-32-28/h1-18H. The number of hydrogen-bond donors (Lipinski definition) is 0. The lowest BCUT2D eigenvalue weighted by Crippen LogP contribution is -1.83. The van der Waals surface area contributed by atoms with Crippen LogP contribution in [0.3, 0.4) is 0 Å². The average molecular weight is 414 g/mol. The second-order valence-corrected chi connectivity index (χ2v) is 7.66. The Hall–Kier alpha value is -4.44. The van der Waals surface area contributed by atoms with Gasteiger partial charge < -0.3 is 8.83 Å². The highest BCUT2D eigenvalue weighted by molar-refractivity contribution is 5.91. The van der Waals surface area contributed by atoms with E-state index in [1.165, 1.54) is 45.8 Å². The Balaban J connectivity index is 1.29. The number of fused-ring (bicyclic) bond motifs is 1. The number of benzene rings is 4. The smallest absolute Gasteiger partial charge is 0.181 e. The van der Waals surface area contributed by atoms with Crippen molar-refractivity contribution in [2.45, 2.75) is 0 Å². The van der Waals surface area contributed by atoms with E-state index in [4.69, 9.17) is 8.83 Å². The highest BCUT2D eigenvalue weighted by Gasteiger charge is 2.06. The van der Waals surface area contributed by atoms with Gasteiger partial charge in [0.2, 0.25) is 0 Å². The maximum atomic E-state index is 5.38. The molecule has 0 spiro atoms. The molecule has 0 fully saturated rings. The van der Waals surface area contributed by atoms with E-state index in [1.807, 2.05) is 0 Å². The van der Waals surface area contributed by atoms with E-state index < -0.39 is 0 Å². The fourth-order valence-electron chi connectivity index (χ4n) is 3.98. The molecule has 4 heteroatoms. The first-order valence-corrected chi connectivity index (χ1v) is 10.4. The zero-order valence-corrected chi connectivity index (χ0v) is 17.1. The van der Waals surface area contributed by atoms with Crippen LogP contribution in [0, 0.1) is 0 Å². The Morgan fingerprint density at radius 3 is 1.16 bits per heavy atom. The lowest BCUT2D eigenvalue weighted by Gasteiger charge is -2.08. The Morgan fingerprint density at radius 2 is 0.781 bits per heavy atom. The van der Waals surface area contributed by atoms with Crippen LogP contribution in [0.4, 0.5) is 0 Å². The van der Waals surface area contributed by atoms with Crippen LogP contribution in [0.5, 0.6) is 0 Å². The van der Waals surface area contributed by atoms with Gasteiger partial charge in [-0.3, -0.25) is 0 Å². The summed E-state index contributed by atoms with van der Waals surface area (Å²) in [7, 11) is 0. The topological polar surface area (TPSA) is 52.1 Å². The highest BCUT2D eigenvalue weighted by atomic mass is 16.3. The molecule has 0 amide bonds. The molecule has 0 unspecified atom stereocenters. The average Bonchev–Trinajstić information content (AvgIpc) is 3.59. The van der Waals surface area contributed by atoms with Crippen LogP contribution in [-0.4, -0.2) is 9.97 Å². The van der Waals surface area contributed by atoms with Crippen molar-refractivity contribution < 1.29 is 8.83 Å². The van der Waals surface area contributed by atoms with E-state index in [2.05, 4.69) is 94.9 Å². The summed E-state index contributed by atoms with van der Waals surface area (Å²) in [6, 6.07) is 29.9. The second-order valence-electron chi connectivity index (χ2n) is 7.66. The SMILES string of the molecule is c1ncc(-c2ccc(-c3ccc4cc(-c5ccc(-c6cnco6)cc5)ccc4c3)cc2)o1. The van der Waals surface area contributed by atoms with Crippen molar-refractivity contribution in [3.63, 3.8) is 0 Å². The number of oxazole rings is 2. The van der Waals surface area contributed by atoms with Gasteiger partial charge in [0.15, 0.2) is 24.3 Å². The maximum absolute atomic E-state index is 5.38. The van der Waals surface area contributed by atoms with E-state index in [0.717, 1.165) is 22.6 Å². The van der Waals surface area contributed by atoms with Crippen LogP contribution in [0.1, 0.15) is 0 Å². The minimum absolute atomic E-state index is 0.774. The van der Waals surface area contributed by atoms with Crippen molar-refractivity contribution in [1.29, 1.82) is 0 Å². The molecule has 0 aliphatic rings. The van der Waals surface area contributed by atoms with E-state index in [0.29, 0.717) is 0 Å². The van der Waals surface area contributed by atoms with Gasteiger partial charge in [0.1, 0.15) is 0 Å². The minimum atomic E-state index is 0.774. The van der Waals surface area contributed by atoms with Gasteiger partial charge in [0.05, 0.1) is 12.4 Å². The summed E-state index contributed by atoms with van der Waals surface area (Å²) in [5, 5.41) is 2.42. The molecule has 32 heavy (non-hydrogen) atoms. The first-order chi connectivity index (χ1) is 15.8. The first-order valence-electron chi connectivity index (χ1n) is 10.4. The van der Waals surface area contributed by atoms with Crippen molar-refractivity contribution >= 4 is 10.8 Å². The van der Waals surface area contributed by atoms with Crippen molar-refractivity contribution in [1.82, 2.24) is 9.97 Å². The van der Waals surface area contributed by atoms with Crippen LogP contribution in [-0.2, 0) is 0 Å². The van der Waals surface area contributed by atoms with Gasteiger partial charge >= 0.3 is 0 Å². The Labute approximate surface area is 184 Å². The molecule has 6 aromatic rings. The zero-order chi connectivity index (χ0) is 21.3. The van der Waals surface area contributed by atoms with Gasteiger partial charge in [-0.15, -0.1) is 0 Å². The lowest BCUT2D eigenvalue weighted by molar-refractivity contribution is 0.571. The second kappa shape index (κ2) is 7.67. The molecule has 0 bridgehead atoms. The Morgan fingerprint density at radius 1 is 0.406 bits per heavy atom. The molecule has 2 heterocycles. The minimum Gasteiger partial charge on any atom is -0.444 e. The zero-order valence-electron chi connectivity index (χ0n) is 17.1. The van der Waals surface area contributed by atoms with E-state index in [-0.39, 0.29) is 0 Å². The molecule has 6 rings (SSSR count). The monoisotopic (exact) mass is 414 g/mol. The van der Waals surface area contributed by atoms with E-state index >= 15 is 0 Å². The molecule has 4 nitrogen and oxygen atoms in total. The van der Waals surface area contributed by atoms with Crippen molar-refractivity contribution in [2.24, 2.45) is 0 Å². The molecule has 0 atom stereocenters. The van der Waals surface area contributed by atoms with Crippen LogP contribution < -0.4 is 0 Å². The highest BCUT2D eigenvalue weighted by Crippen LogP contribution is 2.31. The fourth-order valence-corrected chi connectivity index (χ4v) is 3.98. The van der Waals surface area contributed by atoms with Crippen molar-refractivity contribution in [2.75, 3.05) is 0 Å². The summed E-state index contributed by atoms with van der Waals surface area (Å²) in [4.78, 5) is 7.97. The van der Waals surface area contributed by atoms with Gasteiger partial charge in [0, 0.05) is 11.1 Å². The van der Waals surface area contributed by atoms with Gasteiger partial charge in [0.25, 0.3) is 0 Å². The summed E-state index contributed by atoms with van der Waals surface area (Å²) < 4.78 is 10.8. The third-order valence-corrected chi connectivity index (χ3v) is 5.71. The molecule has 0 saturated carbocycles. The summed E-state index contributed by atoms with van der Waals surface area (Å²) >= 11 is 0. The van der Waals surface area contributed by atoms with Crippen LogP contribution in [0.2, 0.25) is 0 Å². The van der Waals surface area contributed by atoms with E-state index in [9.17, 15) is 0 Å².